The number of carbonyl (C=O) groups is 1. The number of aryl methyl sites for hydroxylation is 1. The Labute approximate surface area is 191 Å². The summed E-state index contributed by atoms with van der Waals surface area (Å²) in [5, 5.41) is 2.60. The van der Waals surface area contributed by atoms with Crippen LogP contribution >= 0.6 is 11.3 Å². The molecule has 3 aliphatic rings. The van der Waals surface area contributed by atoms with Gasteiger partial charge in [0.1, 0.15) is 16.8 Å². The van der Waals surface area contributed by atoms with Crippen molar-refractivity contribution in [1.29, 1.82) is 0 Å². The number of halogens is 3. The molecular formula is C23H19F3N4O2S. The monoisotopic (exact) mass is 472 g/mol. The fourth-order valence-corrected chi connectivity index (χ4v) is 6.08. The van der Waals surface area contributed by atoms with Gasteiger partial charge < -0.3 is 9.64 Å². The average Bonchev–Trinajstić information content (AvgIpc) is 3.14. The van der Waals surface area contributed by atoms with E-state index in [0.29, 0.717) is 23.7 Å². The van der Waals surface area contributed by atoms with Crippen LogP contribution in [-0.4, -0.2) is 44.4 Å². The molecule has 0 aromatic carbocycles. The number of piperidine rings is 1. The lowest BCUT2D eigenvalue weighted by atomic mass is 9.73. The topological polar surface area (TPSA) is 68.2 Å². The van der Waals surface area contributed by atoms with Gasteiger partial charge in [0.2, 0.25) is 5.88 Å². The second-order valence-electron chi connectivity index (χ2n) is 9.03. The summed E-state index contributed by atoms with van der Waals surface area (Å²) in [5.41, 5.74) is 1.25. The van der Waals surface area contributed by atoms with Gasteiger partial charge in [0.05, 0.1) is 11.6 Å². The van der Waals surface area contributed by atoms with Crippen molar-refractivity contribution < 1.29 is 22.7 Å². The number of thiazole rings is 1. The number of alkyl halides is 3. The molecule has 3 aromatic rings. The molecule has 6 nitrogen and oxygen atoms in total. The van der Waals surface area contributed by atoms with Crippen molar-refractivity contribution in [2.75, 3.05) is 6.54 Å². The first kappa shape index (κ1) is 20.6. The molecule has 2 saturated carbocycles. The highest BCUT2D eigenvalue weighted by Gasteiger charge is 2.76. The third-order valence-corrected chi connectivity index (χ3v) is 7.85. The van der Waals surface area contributed by atoms with E-state index in [0.717, 1.165) is 35.7 Å². The number of rotatable bonds is 4. The number of hydrogen-bond acceptors (Lipinski definition) is 6. The summed E-state index contributed by atoms with van der Waals surface area (Å²) < 4.78 is 44.4. The number of pyridine rings is 2. The van der Waals surface area contributed by atoms with Crippen molar-refractivity contribution in [1.82, 2.24) is 19.9 Å². The Bertz CT molecular complexity index is 1230. The third-order valence-electron chi connectivity index (χ3n) is 7.04. The highest BCUT2D eigenvalue weighted by Crippen LogP contribution is 2.71. The fourth-order valence-electron chi connectivity index (χ4n) is 5.42. The molecule has 4 heterocycles. The molecule has 3 aromatic heterocycles. The van der Waals surface area contributed by atoms with Crippen molar-refractivity contribution in [2.24, 2.45) is 11.3 Å². The van der Waals surface area contributed by atoms with Gasteiger partial charge >= 0.3 is 6.18 Å². The van der Waals surface area contributed by atoms with Crippen molar-refractivity contribution in [3.05, 3.63) is 59.0 Å². The van der Waals surface area contributed by atoms with Crippen LogP contribution < -0.4 is 4.74 Å². The Kier molecular flexibility index (Phi) is 4.36. The second kappa shape index (κ2) is 6.99. The van der Waals surface area contributed by atoms with E-state index in [9.17, 15) is 18.0 Å². The van der Waals surface area contributed by atoms with Crippen LogP contribution in [0.3, 0.4) is 0 Å². The normalized spacial score (nSPS) is 27.5. The molecule has 6 rings (SSSR count). The number of amides is 1. The summed E-state index contributed by atoms with van der Waals surface area (Å²) in [4.78, 5) is 28.1. The smallest absolute Gasteiger partial charge is 0.417 e. The van der Waals surface area contributed by atoms with Crippen LogP contribution in [0, 0.1) is 18.3 Å². The fraction of sp³-hybridized carbons (Fsp3) is 0.391. The standard InChI is InChI=1S/C23H19F3N4O2S/c1-12-6-15(20-27-4-5-33-20)18(29-9-12)21(31)30-11-14-7-22(14)8-16(19(22)30)32-17-3-2-13(10-28-17)23(24,25)26/h2-6,9-10,14,16,19H,7-8,11H2,1H3. The zero-order valence-electron chi connectivity index (χ0n) is 17.5. The molecule has 1 amide bonds. The van der Waals surface area contributed by atoms with E-state index in [1.165, 1.54) is 17.4 Å². The van der Waals surface area contributed by atoms with Gasteiger partial charge in [-0.3, -0.25) is 9.78 Å². The molecule has 0 N–H and O–H groups in total. The SMILES string of the molecule is Cc1cnc(C(=O)N2CC3CC34CC(Oc3ccc(C(F)(F)F)cn3)C24)c(-c2nccs2)c1. The minimum atomic E-state index is -4.45. The number of hydrogen-bond donors (Lipinski definition) is 0. The molecule has 0 bridgehead atoms. The number of likely N-dealkylation sites (tertiary alicyclic amines) is 1. The molecule has 170 valence electrons. The lowest BCUT2D eigenvalue weighted by Crippen LogP contribution is -2.59. The molecule has 10 heteroatoms. The maximum atomic E-state index is 13.6. The van der Waals surface area contributed by atoms with Crippen molar-refractivity contribution in [2.45, 2.75) is 38.1 Å². The van der Waals surface area contributed by atoms with E-state index < -0.39 is 11.7 Å². The first-order valence-corrected chi connectivity index (χ1v) is 11.5. The number of nitrogens with zero attached hydrogens (tertiary/aromatic N) is 4. The molecule has 4 atom stereocenters. The molecule has 4 unspecified atom stereocenters. The molecule has 2 aliphatic carbocycles. The Morgan fingerprint density at radius 1 is 1.21 bits per heavy atom. The van der Waals surface area contributed by atoms with Crippen LogP contribution in [0.2, 0.25) is 0 Å². The lowest BCUT2D eigenvalue weighted by molar-refractivity contribution is -0.137. The summed E-state index contributed by atoms with van der Waals surface area (Å²) >= 11 is 1.45. The summed E-state index contributed by atoms with van der Waals surface area (Å²) in [6, 6.07) is 3.99. The van der Waals surface area contributed by atoms with E-state index >= 15 is 0 Å². The quantitative estimate of drug-likeness (QED) is 0.555. The molecule has 1 saturated heterocycles. The predicted molar refractivity (Wildman–Crippen MR) is 114 cm³/mol. The highest BCUT2D eigenvalue weighted by molar-refractivity contribution is 7.13. The van der Waals surface area contributed by atoms with Crippen LogP contribution in [-0.2, 0) is 6.18 Å². The minimum absolute atomic E-state index is 0.0538. The van der Waals surface area contributed by atoms with Gasteiger partial charge in [-0.2, -0.15) is 13.2 Å². The number of carbonyl (C=O) groups excluding carboxylic acids is 1. The first-order valence-electron chi connectivity index (χ1n) is 10.6. The maximum Gasteiger partial charge on any atom is 0.417 e. The van der Waals surface area contributed by atoms with Crippen LogP contribution in [0.25, 0.3) is 10.6 Å². The molecule has 3 fully saturated rings. The van der Waals surface area contributed by atoms with E-state index in [1.54, 1.807) is 12.4 Å². The molecular weight excluding hydrogens is 453 g/mol. The van der Waals surface area contributed by atoms with E-state index in [-0.39, 0.29) is 29.3 Å². The summed E-state index contributed by atoms with van der Waals surface area (Å²) in [6.45, 7) is 2.56. The largest absolute Gasteiger partial charge is 0.472 e. The molecule has 0 radical (unpaired) electrons. The maximum absolute atomic E-state index is 13.6. The Hall–Kier alpha value is -3.01. The van der Waals surface area contributed by atoms with Gasteiger partial charge in [0.15, 0.2) is 0 Å². The Morgan fingerprint density at radius 3 is 2.76 bits per heavy atom. The van der Waals surface area contributed by atoms with Gasteiger partial charge in [0.25, 0.3) is 5.91 Å². The van der Waals surface area contributed by atoms with Crippen LogP contribution in [0.1, 0.15) is 34.5 Å². The van der Waals surface area contributed by atoms with Crippen LogP contribution in [0.5, 0.6) is 5.88 Å². The van der Waals surface area contributed by atoms with Gasteiger partial charge in [0, 0.05) is 47.6 Å². The van der Waals surface area contributed by atoms with E-state index in [4.69, 9.17) is 4.74 Å². The Morgan fingerprint density at radius 2 is 2.06 bits per heavy atom. The highest BCUT2D eigenvalue weighted by atomic mass is 32.1. The minimum Gasteiger partial charge on any atom is -0.472 e. The van der Waals surface area contributed by atoms with Gasteiger partial charge in [-0.25, -0.2) is 9.97 Å². The van der Waals surface area contributed by atoms with Crippen LogP contribution in [0.15, 0.2) is 42.2 Å². The van der Waals surface area contributed by atoms with E-state index in [2.05, 4.69) is 15.0 Å². The van der Waals surface area contributed by atoms with Gasteiger partial charge in [-0.15, -0.1) is 11.3 Å². The van der Waals surface area contributed by atoms with Crippen LogP contribution in [0.4, 0.5) is 13.2 Å². The average molecular weight is 472 g/mol. The Balaban J connectivity index is 1.25. The first-order chi connectivity index (χ1) is 15.8. The van der Waals surface area contributed by atoms with Gasteiger partial charge in [-0.05, 0) is 43.4 Å². The predicted octanol–water partition coefficient (Wildman–Crippen LogP) is 4.61. The summed E-state index contributed by atoms with van der Waals surface area (Å²) in [5.74, 6) is 0.405. The number of ether oxygens (including phenoxy) is 1. The third kappa shape index (κ3) is 3.22. The zero-order valence-corrected chi connectivity index (χ0v) is 18.4. The summed E-state index contributed by atoms with van der Waals surface area (Å²) in [7, 11) is 0. The zero-order chi connectivity index (χ0) is 23.0. The second-order valence-corrected chi connectivity index (χ2v) is 9.92. The summed E-state index contributed by atoms with van der Waals surface area (Å²) in [6.07, 6.45) is 1.22. The van der Waals surface area contributed by atoms with Crippen molar-refractivity contribution >= 4 is 17.2 Å². The molecule has 1 spiro atoms. The van der Waals surface area contributed by atoms with Crippen molar-refractivity contribution in [3.63, 3.8) is 0 Å². The lowest BCUT2D eigenvalue weighted by Gasteiger charge is -2.46. The number of aromatic nitrogens is 3. The van der Waals surface area contributed by atoms with E-state index in [1.807, 2.05) is 23.3 Å². The molecule has 33 heavy (non-hydrogen) atoms. The van der Waals surface area contributed by atoms with Gasteiger partial charge in [-0.1, -0.05) is 0 Å². The molecule has 1 aliphatic heterocycles. The van der Waals surface area contributed by atoms with Crippen molar-refractivity contribution in [3.8, 4) is 16.5 Å².